The van der Waals surface area contributed by atoms with Crippen LogP contribution in [0.2, 0.25) is 0 Å². The van der Waals surface area contributed by atoms with Crippen molar-refractivity contribution in [3.05, 3.63) is 23.8 Å². The van der Waals surface area contributed by atoms with Gasteiger partial charge in [-0.3, -0.25) is 4.79 Å². The standard InChI is InChI=1S/C16H26N2O3/c1-12(2)11-18(10-6-9-17)16(19)13-7-5-8-14(20-3)15(13)21-4/h5,7-8,12H,6,9-11,17H2,1-4H3. The van der Waals surface area contributed by atoms with E-state index in [-0.39, 0.29) is 5.91 Å². The third kappa shape index (κ3) is 4.63. The molecule has 1 rings (SSSR count). The maximum atomic E-state index is 12.8. The number of carbonyl (C=O) groups excluding carboxylic acids is 1. The van der Waals surface area contributed by atoms with Gasteiger partial charge in [0, 0.05) is 13.1 Å². The molecule has 5 nitrogen and oxygen atoms in total. The van der Waals surface area contributed by atoms with Crippen LogP contribution in [0.5, 0.6) is 11.5 Å². The fourth-order valence-corrected chi connectivity index (χ4v) is 2.22. The van der Waals surface area contributed by atoms with Gasteiger partial charge in [0.1, 0.15) is 0 Å². The van der Waals surface area contributed by atoms with Crippen LogP contribution in [0.1, 0.15) is 30.6 Å². The number of nitrogens with zero attached hydrogens (tertiary/aromatic N) is 1. The van der Waals surface area contributed by atoms with Gasteiger partial charge in [-0.05, 0) is 31.0 Å². The summed E-state index contributed by atoms with van der Waals surface area (Å²) in [4.78, 5) is 14.6. The molecule has 0 aliphatic rings. The van der Waals surface area contributed by atoms with Gasteiger partial charge in [-0.1, -0.05) is 19.9 Å². The molecular formula is C16H26N2O3. The quantitative estimate of drug-likeness (QED) is 0.798. The molecule has 0 unspecified atom stereocenters. The summed E-state index contributed by atoms with van der Waals surface area (Å²) in [5.74, 6) is 1.38. The van der Waals surface area contributed by atoms with E-state index in [1.165, 1.54) is 0 Å². The van der Waals surface area contributed by atoms with Crippen LogP contribution in [0.4, 0.5) is 0 Å². The van der Waals surface area contributed by atoms with Gasteiger partial charge in [0.15, 0.2) is 11.5 Å². The number of benzene rings is 1. The van der Waals surface area contributed by atoms with E-state index in [0.717, 1.165) is 6.42 Å². The van der Waals surface area contributed by atoms with Gasteiger partial charge in [-0.15, -0.1) is 0 Å². The fraction of sp³-hybridized carbons (Fsp3) is 0.562. The Morgan fingerprint density at radius 3 is 2.52 bits per heavy atom. The van der Waals surface area contributed by atoms with Crippen molar-refractivity contribution in [3.8, 4) is 11.5 Å². The number of nitrogens with two attached hydrogens (primary N) is 1. The summed E-state index contributed by atoms with van der Waals surface area (Å²) in [6, 6.07) is 5.34. The first-order chi connectivity index (χ1) is 10.0. The van der Waals surface area contributed by atoms with Gasteiger partial charge in [0.25, 0.3) is 5.91 Å². The summed E-state index contributed by atoms with van der Waals surface area (Å²) >= 11 is 0. The second kappa shape index (κ2) is 8.52. The highest BCUT2D eigenvalue weighted by molar-refractivity contribution is 5.97. The van der Waals surface area contributed by atoms with Crippen LogP contribution in [-0.4, -0.2) is 44.7 Å². The molecule has 118 valence electrons. The smallest absolute Gasteiger partial charge is 0.257 e. The second-order valence-electron chi connectivity index (χ2n) is 5.33. The van der Waals surface area contributed by atoms with Gasteiger partial charge in [0.2, 0.25) is 0 Å². The molecule has 0 atom stereocenters. The average Bonchev–Trinajstić information content (AvgIpc) is 2.49. The molecule has 1 aromatic rings. The molecule has 21 heavy (non-hydrogen) atoms. The van der Waals surface area contributed by atoms with E-state index >= 15 is 0 Å². The molecule has 0 aromatic heterocycles. The Morgan fingerprint density at radius 2 is 2.00 bits per heavy atom. The number of carbonyl (C=O) groups is 1. The van der Waals surface area contributed by atoms with E-state index in [1.807, 2.05) is 4.90 Å². The lowest BCUT2D eigenvalue weighted by Gasteiger charge is -2.25. The molecule has 0 spiro atoms. The molecule has 5 heteroatoms. The molecule has 0 aliphatic heterocycles. The number of para-hydroxylation sites is 1. The fourth-order valence-electron chi connectivity index (χ4n) is 2.22. The summed E-state index contributed by atoms with van der Waals surface area (Å²) < 4.78 is 10.6. The Labute approximate surface area is 127 Å². The molecular weight excluding hydrogens is 268 g/mol. The molecule has 1 amide bonds. The minimum Gasteiger partial charge on any atom is -0.493 e. The topological polar surface area (TPSA) is 64.8 Å². The molecule has 0 radical (unpaired) electrons. The molecule has 0 bridgehead atoms. The van der Waals surface area contributed by atoms with Crippen molar-refractivity contribution in [1.82, 2.24) is 4.90 Å². The predicted octanol–water partition coefficient (Wildman–Crippen LogP) is 2.15. The maximum Gasteiger partial charge on any atom is 0.257 e. The average molecular weight is 294 g/mol. The molecule has 1 aromatic carbocycles. The first-order valence-corrected chi connectivity index (χ1v) is 7.25. The van der Waals surface area contributed by atoms with E-state index in [9.17, 15) is 4.79 Å². The lowest BCUT2D eigenvalue weighted by molar-refractivity contribution is 0.0731. The maximum absolute atomic E-state index is 12.8. The van der Waals surface area contributed by atoms with Crippen LogP contribution in [0.15, 0.2) is 18.2 Å². The minimum atomic E-state index is -0.0482. The molecule has 2 N–H and O–H groups in total. The second-order valence-corrected chi connectivity index (χ2v) is 5.33. The number of rotatable bonds is 8. The first-order valence-electron chi connectivity index (χ1n) is 7.25. The van der Waals surface area contributed by atoms with E-state index < -0.39 is 0 Å². The minimum absolute atomic E-state index is 0.0482. The van der Waals surface area contributed by atoms with Gasteiger partial charge < -0.3 is 20.1 Å². The highest BCUT2D eigenvalue weighted by Gasteiger charge is 2.22. The molecule has 0 aliphatic carbocycles. The Morgan fingerprint density at radius 1 is 1.29 bits per heavy atom. The Balaban J connectivity index is 3.07. The van der Waals surface area contributed by atoms with E-state index in [1.54, 1.807) is 32.4 Å². The van der Waals surface area contributed by atoms with Crippen molar-refractivity contribution in [3.63, 3.8) is 0 Å². The van der Waals surface area contributed by atoms with Crippen LogP contribution in [0.25, 0.3) is 0 Å². The van der Waals surface area contributed by atoms with Gasteiger partial charge in [0.05, 0.1) is 19.8 Å². The summed E-state index contributed by atoms with van der Waals surface area (Å²) in [5, 5.41) is 0. The summed E-state index contributed by atoms with van der Waals surface area (Å²) in [6.45, 7) is 6.08. The van der Waals surface area contributed by atoms with E-state index in [0.29, 0.717) is 42.6 Å². The zero-order chi connectivity index (χ0) is 15.8. The lowest BCUT2D eigenvalue weighted by Crippen LogP contribution is -2.36. The lowest BCUT2D eigenvalue weighted by atomic mass is 10.1. The largest absolute Gasteiger partial charge is 0.493 e. The van der Waals surface area contributed by atoms with Gasteiger partial charge in [-0.2, -0.15) is 0 Å². The Bertz CT molecular complexity index is 461. The van der Waals surface area contributed by atoms with Crippen molar-refractivity contribution in [2.45, 2.75) is 20.3 Å². The molecule has 0 saturated carbocycles. The highest BCUT2D eigenvalue weighted by Crippen LogP contribution is 2.31. The Kier molecular flexibility index (Phi) is 7.02. The zero-order valence-corrected chi connectivity index (χ0v) is 13.4. The molecule has 0 saturated heterocycles. The number of methoxy groups -OCH3 is 2. The van der Waals surface area contributed by atoms with Gasteiger partial charge >= 0.3 is 0 Å². The van der Waals surface area contributed by atoms with Crippen molar-refractivity contribution in [2.24, 2.45) is 11.7 Å². The number of hydrogen-bond donors (Lipinski definition) is 1. The number of amides is 1. The van der Waals surface area contributed by atoms with Crippen LogP contribution >= 0.6 is 0 Å². The van der Waals surface area contributed by atoms with Crippen molar-refractivity contribution >= 4 is 5.91 Å². The first kappa shape index (κ1) is 17.3. The van der Waals surface area contributed by atoms with Crippen molar-refractivity contribution in [1.29, 1.82) is 0 Å². The Hall–Kier alpha value is -1.75. The summed E-state index contributed by atoms with van der Waals surface area (Å²) in [6.07, 6.45) is 0.782. The van der Waals surface area contributed by atoms with Crippen LogP contribution in [-0.2, 0) is 0 Å². The van der Waals surface area contributed by atoms with Crippen molar-refractivity contribution < 1.29 is 14.3 Å². The van der Waals surface area contributed by atoms with Crippen LogP contribution in [0, 0.1) is 5.92 Å². The third-order valence-electron chi connectivity index (χ3n) is 3.14. The number of hydrogen-bond acceptors (Lipinski definition) is 4. The molecule has 0 fully saturated rings. The summed E-state index contributed by atoms with van der Waals surface area (Å²) in [7, 11) is 3.10. The molecule has 0 heterocycles. The van der Waals surface area contributed by atoms with Gasteiger partial charge in [-0.25, -0.2) is 0 Å². The van der Waals surface area contributed by atoms with E-state index in [4.69, 9.17) is 15.2 Å². The van der Waals surface area contributed by atoms with E-state index in [2.05, 4.69) is 13.8 Å². The monoisotopic (exact) mass is 294 g/mol. The highest BCUT2D eigenvalue weighted by atomic mass is 16.5. The SMILES string of the molecule is COc1cccc(C(=O)N(CCCN)CC(C)C)c1OC. The van der Waals surface area contributed by atoms with Crippen molar-refractivity contribution in [2.75, 3.05) is 33.9 Å². The normalized spacial score (nSPS) is 10.6. The van der Waals surface area contributed by atoms with Crippen LogP contribution < -0.4 is 15.2 Å². The summed E-state index contributed by atoms with van der Waals surface area (Å²) in [5.41, 5.74) is 6.09. The van der Waals surface area contributed by atoms with Crippen LogP contribution in [0.3, 0.4) is 0 Å². The zero-order valence-electron chi connectivity index (χ0n) is 13.4. The predicted molar refractivity (Wildman–Crippen MR) is 84.0 cm³/mol. The number of ether oxygens (including phenoxy) is 2. The third-order valence-corrected chi connectivity index (χ3v) is 3.14.